The van der Waals surface area contributed by atoms with E-state index in [1.165, 1.54) is 24.9 Å². The Morgan fingerprint density at radius 3 is 2.87 bits per heavy atom. The monoisotopic (exact) mass is 307 g/mol. The molecule has 0 spiro atoms. The van der Waals surface area contributed by atoms with E-state index in [9.17, 15) is 0 Å². The zero-order valence-corrected chi connectivity index (χ0v) is 13.2. The van der Waals surface area contributed by atoms with Crippen molar-refractivity contribution in [1.29, 1.82) is 0 Å². The van der Waals surface area contributed by atoms with Crippen LogP contribution in [0.5, 0.6) is 0 Å². The number of rotatable bonds is 4. The molecule has 1 aromatic carbocycles. The van der Waals surface area contributed by atoms with Crippen LogP contribution in [0, 0.1) is 0 Å². The van der Waals surface area contributed by atoms with E-state index in [-0.39, 0.29) is 0 Å². The molecule has 0 radical (unpaired) electrons. The van der Waals surface area contributed by atoms with Gasteiger partial charge in [-0.3, -0.25) is 4.98 Å². The number of pyridine rings is 1. The van der Waals surface area contributed by atoms with E-state index >= 15 is 0 Å². The number of benzene rings is 1. The van der Waals surface area contributed by atoms with E-state index in [0.717, 1.165) is 36.5 Å². The molecule has 0 N–H and O–H groups in total. The largest absolute Gasteiger partial charge is 0.440 e. The molecule has 1 aliphatic heterocycles. The van der Waals surface area contributed by atoms with E-state index in [4.69, 9.17) is 4.42 Å². The van der Waals surface area contributed by atoms with Gasteiger partial charge in [0.2, 0.25) is 0 Å². The van der Waals surface area contributed by atoms with Gasteiger partial charge in [0, 0.05) is 31.4 Å². The molecule has 0 saturated carbocycles. The molecule has 1 fully saturated rings. The third-order valence-corrected chi connectivity index (χ3v) is 4.63. The highest BCUT2D eigenvalue weighted by atomic mass is 16.3. The highest BCUT2D eigenvalue weighted by Crippen LogP contribution is 2.28. The summed E-state index contributed by atoms with van der Waals surface area (Å²) in [6, 6.07) is 12.2. The fraction of sp³-hybridized carbons (Fsp3) is 0.368. The average molecular weight is 307 g/mol. The van der Waals surface area contributed by atoms with Crippen molar-refractivity contribution in [2.24, 2.45) is 0 Å². The van der Waals surface area contributed by atoms with Crippen LogP contribution in [0.2, 0.25) is 0 Å². The minimum Gasteiger partial charge on any atom is -0.440 e. The van der Waals surface area contributed by atoms with Crippen LogP contribution in [0.4, 0.5) is 0 Å². The van der Waals surface area contributed by atoms with Gasteiger partial charge >= 0.3 is 0 Å². The Morgan fingerprint density at radius 2 is 2.00 bits per heavy atom. The molecule has 1 saturated heterocycles. The van der Waals surface area contributed by atoms with E-state index in [2.05, 4.69) is 27.0 Å². The van der Waals surface area contributed by atoms with E-state index in [1.54, 1.807) is 0 Å². The number of hydrogen-bond donors (Lipinski definition) is 0. The fourth-order valence-corrected chi connectivity index (χ4v) is 3.36. The highest BCUT2D eigenvalue weighted by molar-refractivity contribution is 5.72. The smallest absolute Gasteiger partial charge is 0.199 e. The predicted octanol–water partition coefficient (Wildman–Crippen LogP) is 3.64. The number of nitrogens with zero attached hydrogens (tertiary/aromatic N) is 3. The molecule has 118 valence electrons. The number of para-hydroxylation sites is 2. The standard InChI is InChI=1S/C19H21N3O/c1-2-6-18-17(5-1)21-19(23-18)16-4-3-12-22(14-16)13-9-15-7-10-20-11-8-15/h1-2,5-8,10-11,16H,3-4,9,12-14H2/t16-/m1/s1. The number of fused-ring (bicyclic) bond motifs is 1. The summed E-state index contributed by atoms with van der Waals surface area (Å²) in [5, 5.41) is 0. The minimum atomic E-state index is 0.411. The SMILES string of the molecule is c1ccc2oc([C@@H]3CCCN(CCc4ccncc4)C3)nc2c1. The maximum atomic E-state index is 5.97. The lowest BCUT2D eigenvalue weighted by Gasteiger charge is -2.31. The average Bonchev–Trinajstić information content (AvgIpc) is 3.05. The topological polar surface area (TPSA) is 42.2 Å². The first-order valence-electron chi connectivity index (χ1n) is 8.35. The first-order chi connectivity index (χ1) is 11.4. The molecule has 0 bridgehead atoms. The number of oxazole rings is 1. The van der Waals surface area contributed by atoms with Gasteiger partial charge in [0.15, 0.2) is 11.5 Å². The normalized spacial score (nSPS) is 19.2. The van der Waals surface area contributed by atoms with Crippen molar-refractivity contribution in [2.75, 3.05) is 19.6 Å². The van der Waals surface area contributed by atoms with Gasteiger partial charge in [-0.15, -0.1) is 0 Å². The molecule has 4 nitrogen and oxygen atoms in total. The molecular weight excluding hydrogens is 286 g/mol. The summed E-state index contributed by atoms with van der Waals surface area (Å²) in [5.74, 6) is 1.31. The molecule has 3 heterocycles. The third kappa shape index (κ3) is 3.27. The van der Waals surface area contributed by atoms with Gasteiger partial charge in [-0.05, 0) is 55.6 Å². The quantitative estimate of drug-likeness (QED) is 0.738. The van der Waals surface area contributed by atoms with Crippen molar-refractivity contribution in [3.8, 4) is 0 Å². The van der Waals surface area contributed by atoms with Crippen LogP contribution in [-0.4, -0.2) is 34.5 Å². The summed E-state index contributed by atoms with van der Waals surface area (Å²) in [4.78, 5) is 11.3. The van der Waals surface area contributed by atoms with E-state index < -0.39 is 0 Å². The summed E-state index contributed by atoms with van der Waals surface area (Å²) < 4.78 is 5.97. The van der Waals surface area contributed by atoms with Crippen LogP contribution in [0.1, 0.15) is 30.2 Å². The minimum absolute atomic E-state index is 0.411. The Balaban J connectivity index is 1.42. The zero-order chi connectivity index (χ0) is 15.5. The second-order valence-corrected chi connectivity index (χ2v) is 6.27. The van der Waals surface area contributed by atoms with Crippen LogP contribution in [0.3, 0.4) is 0 Å². The van der Waals surface area contributed by atoms with Crippen molar-refractivity contribution in [3.63, 3.8) is 0 Å². The summed E-state index contributed by atoms with van der Waals surface area (Å²) in [6.07, 6.45) is 7.18. The van der Waals surface area contributed by atoms with Gasteiger partial charge in [0.05, 0.1) is 0 Å². The maximum absolute atomic E-state index is 5.97. The fourth-order valence-electron chi connectivity index (χ4n) is 3.36. The van der Waals surface area contributed by atoms with Gasteiger partial charge in [0.1, 0.15) is 5.52 Å². The number of piperidine rings is 1. The van der Waals surface area contributed by atoms with E-state index in [0.29, 0.717) is 5.92 Å². The molecule has 0 unspecified atom stereocenters. The van der Waals surface area contributed by atoms with Gasteiger partial charge in [0.25, 0.3) is 0 Å². The number of aromatic nitrogens is 2. The lowest BCUT2D eigenvalue weighted by Crippen LogP contribution is -2.35. The van der Waals surface area contributed by atoms with Gasteiger partial charge in [-0.2, -0.15) is 0 Å². The maximum Gasteiger partial charge on any atom is 0.199 e. The van der Waals surface area contributed by atoms with Crippen molar-refractivity contribution in [2.45, 2.75) is 25.2 Å². The van der Waals surface area contributed by atoms with Crippen LogP contribution < -0.4 is 0 Å². The van der Waals surface area contributed by atoms with Crippen LogP contribution in [0.15, 0.2) is 53.2 Å². The summed E-state index contributed by atoms with van der Waals surface area (Å²) in [7, 11) is 0. The third-order valence-electron chi connectivity index (χ3n) is 4.63. The van der Waals surface area contributed by atoms with Gasteiger partial charge in [-0.1, -0.05) is 12.1 Å². The van der Waals surface area contributed by atoms with Crippen LogP contribution in [-0.2, 0) is 6.42 Å². The highest BCUT2D eigenvalue weighted by Gasteiger charge is 2.25. The molecule has 2 aromatic heterocycles. The van der Waals surface area contributed by atoms with Crippen LogP contribution in [0.25, 0.3) is 11.1 Å². The molecular formula is C19H21N3O. The number of likely N-dealkylation sites (tertiary alicyclic amines) is 1. The Hall–Kier alpha value is -2.20. The Labute approximate surface area is 136 Å². The second kappa shape index (κ2) is 6.50. The summed E-state index contributed by atoms with van der Waals surface area (Å²) in [6.45, 7) is 3.29. The van der Waals surface area contributed by atoms with Crippen molar-refractivity contribution < 1.29 is 4.42 Å². The molecule has 1 aliphatic rings. The second-order valence-electron chi connectivity index (χ2n) is 6.27. The van der Waals surface area contributed by atoms with Crippen molar-refractivity contribution >= 4 is 11.1 Å². The van der Waals surface area contributed by atoms with Crippen molar-refractivity contribution in [1.82, 2.24) is 14.9 Å². The molecule has 4 rings (SSSR count). The Bertz CT molecular complexity index is 735. The lowest BCUT2D eigenvalue weighted by atomic mass is 9.97. The molecule has 4 heteroatoms. The Morgan fingerprint density at radius 1 is 1.13 bits per heavy atom. The van der Waals surface area contributed by atoms with Crippen molar-refractivity contribution in [3.05, 3.63) is 60.2 Å². The van der Waals surface area contributed by atoms with E-state index in [1.807, 2.05) is 36.7 Å². The first kappa shape index (κ1) is 14.4. The zero-order valence-electron chi connectivity index (χ0n) is 13.2. The van der Waals surface area contributed by atoms with Gasteiger partial charge in [-0.25, -0.2) is 4.98 Å². The molecule has 23 heavy (non-hydrogen) atoms. The molecule has 0 aliphatic carbocycles. The lowest BCUT2D eigenvalue weighted by molar-refractivity contribution is 0.196. The first-order valence-corrected chi connectivity index (χ1v) is 8.35. The molecule has 0 amide bonds. The summed E-state index contributed by atoms with van der Waals surface area (Å²) in [5.41, 5.74) is 3.22. The number of hydrogen-bond acceptors (Lipinski definition) is 4. The molecule has 3 aromatic rings. The van der Waals surface area contributed by atoms with Crippen LogP contribution >= 0.6 is 0 Å². The molecule has 1 atom stereocenters. The summed E-state index contributed by atoms with van der Waals surface area (Å²) >= 11 is 0. The predicted molar refractivity (Wildman–Crippen MR) is 90.4 cm³/mol. The Kier molecular flexibility index (Phi) is 4.07. The van der Waals surface area contributed by atoms with Gasteiger partial charge < -0.3 is 9.32 Å².